The first kappa shape index (κ1) is 12.6. The molecule has 6 heteroatoms. The monoisotopic (exact) mass is 274 g/mol. The summed E-state index contributed by atoms with van der Waals surface area (Å²) in [6.45, 7) is 1.33. The van der Waals surface area contributed by atoms with Crippen molar-refractivity contribution in [3.05, 3.63) is 28.2 Å². The zero-order valence-electron chi connectivity index (χ0n) is 8.99. The van der Waals surface area contributed by atoms with Crippen LogP contribution in [0.25, 0.3) is 0 Å². The second kappa shape index (κ2) is 5.23. The third-order valence-electron chi connectivity index (χ3n) is 2.53. The lowest BCUT2D eigenvalue weighted by Gasteiger charge is -2.35. The maximum Gasteiger partial charge on any atom is 0.238 e. The van der Waals surface area contributed by atoms with E-state index in [1.165, 1.54) is 0 Å². The largest absolute Gasteiger partial charge is 0.390 e. The van der Waals surface area contributed by atoms with Gasteiger partial charge in [0.2, 0.25) is 5.91 Å². The lowest BCUT2D eigenvalue weighted by Crippen LogP contribution is -2.53. The van der Waals surface area contributed by atoms with Gasteiger partial charge in [-0.25, -0.2) is 0 Å². The normalized spacial score (nSPS) is 16.6. The summed E-state index contributed by atoms with van der Waals surface area (Å²) in [5.74, 6) is -0.166. The zero-order chi connectivity index (χ0) is 12.4. The number of amides is 1. The standard InChI is InChI=1S/C11H12Cl2N2O2/c12-8-2-1-3-9(11(8)13)14-10(17)6-15-4-7(16)5-15/h1-3,7,16H,4-6H2,(H,14,17). The second-order valence-corrected chi connectivity index (χ2v) is 4.78. The van der Waals surface area contributed by atoms with Crippen LogP contribution in [-0.2, 0) is 4.79 Å². The summed E-state index contributed by atoms with van der Waals surface area (Å²) in [5, 5.41) is 12.5. The Hall–Kier alpha value is -0.810. The van der Waals surface area contributed by atoms with Crippen LogP contribution in [0.3, 0.4) is 0 Å². The van der Waals surface area contributed by atoms with Crippen molar-refractivity contribution in [3.8, 4) is 0 Å². The Labute approximate surface area is 109 Å². The molecule has 92 valence electrons. The average Bonchev–Trinajstić information content (AvgIpc) is 2.23. The summed E-state index contributed by atoms with van der Waals surface area (Å²) < 4.78 is 0. The zero-order valence-corrected chi connectivity index (χ0v) is 10.5. The Kier molecular flexibility index (Phi) is 3.89. The van der Waals surface area contributed by atoms with Crippen LogP contribution < -0.4 is 5.32 Å². The minimum atomic E-state index is -0.308. The van der Waals surface area contributed by atoms with Crippen molar-refractivity contribution in [1.29, 1.82) is 0 Å². The highest BCUT2D eigenvalue weighted by atomic mass is 35.5. The van der Waals surface area contributed by atoms with Crippen LogP contribution in [0.2, 0.25) is 10.0 Å². The molecule has 1 aliphatic heterocycles. The molecular weight excluding hydrogens is 263 g/mol. The summed E-state index contributed by atoms with van der Waals surface area (Å²) in [4.78, 5) is 13.5. The number of anilines is 1. The van der Waals surface area contributed by atoms with Crippen molar-refractivity contribution in [3.63, 3.8) is 0 Å². The predicted molar refractivity (Wildman–Crippen MR) is 67.5 cm³/mol. The van der Waals surface area contributed by atoms with Crippen molar-refractivity contribution in [2.45, 2.75) is 6.10 Å². The van der Waals surface area contributed by atoms with E-state index in [2.05, 4.69) is 5.32 Å². The molecule has 1 saturated heterocycles. The number of benzene rings is 1. The van der Waals surface area contributed by atoms with Crippen LogP contribution in [0.4, 0.5) is 5.69 Å². The van der Waals surface area contributed by atoms with Crippen molar-refractivity contribution in [1.82, 2.24) is 4.90 Å². The summed E-state index contributed by atoms with van der Waals surface area (Å²) in [6.07, 6.45) is -0.308. The molecule has 2 N–H and O–H groups in total. The number of carbonyl (C=O) groups is 1. The molecule has 1 fully saturated rings. The van der Waals surface area contributed by atoms with E-state index in [1.807, 2.05) is 4.90 Å². The highest BCUT2D eigenvalue weighted by Crippen LogP contribution is 2.29. The Morgan fingerprint density at radius 1 is 1.47 bits per heavy atom. The molecule has 1 heterocycles. The summed E-state index contributed by atoms with van der Waals surface area (Å²) in [6, 6.07) is 5.07. The highest BCUT2D eigenvalue weighted by Gasteiger charge is 2.26. The Morgan fingerprint density at radius 2 is 2.18 bits per heavy atom. The van der Waals surface area contributed by atoms with E-state index < -0.39 is 0 Å². The van der Waals surface area contributed by atoms with E-state index in [-0.39, 0.29) is 18.6 Å². The topological polar surface area (TPSA) is 52.6 Å². The Balaban J connectivity index is 1.92. The van der Waals surface area contributed by atoms with Gasteiger partial charge in [0.15, 0.2) is 0 Å². The van der Waals surface area contributed by atoms with Crippen LogP contribution in [0, 0.1) is 0 Å². The average molecular weight is 275 g/mol. The second-order valence-electron chi connectivity index (χ2n) is 4.00. The number of halogens is 2. The fourth-order valence-corrected chi connectivity index (χ4v) is 2.01. The minimum absolute atomic E-state index is 0.166. The van der Waals surface area contributed by atoms with E-state index in [0.717, 1.165) is 0 Å². The molecule has 0 saturated carbocycles. The molecule has 1 aromatic carbocycles. The quantitative estimate of drug-likeness (QED) is 0.881. The molecule has 0 atom stereocenters. The maximum atomic E-state index is 11.6. The first-order valence-electron chi connectivity index (χ1n) is 5.20. The molecule has 0 bridgehead atoms. The van der Waals surface area contributed by atoms with Gasteiger partial charge in [0.1, 0.15) is 0 Å². The van der Waals surface area contributed by atoms with Crippen molar-refractivity contribution in [2.24, 2.45) is 0 Å². The summed E-state index contributed by atoms with van der Waals surface area (Å²) >= 11 is 11.8. The predicted octanol–water partition coefficient (Wildman–Crippen LogP) is 1.61. The molecule has 0 aliphatic carbocycles. The van der Waals surface area contributed by atoms with Gasteiger partial charge >= 0.3 is 0 Å². The number of hydrogen-bond donors (Lipinski definition) is 2. The molecule has 0 spiro atoms. The van der Waals surface area contributed by atoms with Gasteiger partial charge in [0, 0.05) is 13.1 Å². The minimum Gasteiger partial charge on any atom is -0.390 e. The van der Waals surface area contributed by atoms with Gasteiger partial charge in [-0.1, -0.05) is 29.3 Å². The van der Waals surface area contributed by atoms with Gasteiger partial charge in [-0.2, -0.15) is 0 Å². The smallest absolute Gasteiger partial charge is 0.238 e. The number of β-amino-alcohol motifs (C(OH)–C–C–N with tert-alkyl or cyclic N) is 1. The molecule has 2 rings (SSSR count). The molecule has 0 unspecified atom stereocenters. The number of aliphatic hydroxyl groups is 1. The number of likely N-dealkylation sites (tertiary alicyclic amines) is 1. The van der Waals surface area contributed by atoms with E-state index in [0.29, 0.717) is 28.8 Å². The van der Waals surface area contributed by atoms with E-state index in [1.54, 1.807) is 18.2 Å². The molecule has 0 aromatic heterocycles. The summed E-state index contributed by atoms with van der Waals surface area (Å²) in [5.41, 5.74) is 0.505. The molecule has 1 amide bonds. The Bertz CT molecular complexity index is 433. The number of nitrogens with zero attached hydrogens (tertiary/aromatic N) is 1. The first-order chi connectivity index (χ1) is 8.06. The molecule has 1 aromatic rings. The summed E-state index contributed by atoms with van der Waals surface area (Å²) in [7, 11) is 0. The van der Waals surface area contributed by atoms with Gasteiger partial charge in [0.25, 0.3) is 0 Å². The highest BCUT2D eigenvalue weighted by molar-refractivity contribution is 6.43. The molecular formula is C11H12Cl2N2O2. The van der Waals surface area contributed by atoms with Crippen molar-refractivity contribution < 1.29 is 9.90 Å². The first-order valence-corrected chi connectivity index (χ1v) is 5.96. The number of hydrogen-bond acceptors (Lipinski definition) is 3. The van der Waals surface area contributed by atoms with Crippen LogP contribution in [-0.4, -0.2) is 41.7 Å². The van der Waals surface area contributed by atoms with E-state index >= 15 is 0 Å². The number of rotatable bonds is 3. The van der Waals surface area contributed by atoms with E-state index in [9.17, 15) is 4.79 Å². The Morgan fingerprint density at radius 3 is 2.82 bits per heavy atom. The lowest BCUT2D eigenvalue weighted by atomic mass is 10.2. The van der Waals surface area contributed by atoms with Gasteiger partial charge in [-0.15, -0.1) is 0 Å². The van der Waals surface area contributed by atoms with Gasteiger partial charge < -0.3 is 10.4 Å². The molecule has 17 heavy (non-hydrogen) atoms. The van der Waals surface area contributed by atoms with Gasteiger partial charge in [-0.3, -0.25) is 9.69 Å². The van der Waals surface area contributed by atoms with Crippen molar-refractivity contribution >= 4 is 34.8 Å². The van der Waals surface area contributed by atoms with Gasteiger partial charge in [-0.05, 0) is 12.1 Å². The number of carbonyl (C=O) groups excluding carboxylic acids is 1. The lowest BCUT2D eigenvalue weighted by molar-refractivity contribution is -0.119. The molecule has 0 radical (unpaired) electrons. The van der Waals surface area contributed by atoms with E-state index in [4.69, 9.17) is 28.3 Å². The van der Waals surface area contributed by atoms with Crippen LogP contribution in [0.1, 0.15) is 0 Å². The van der Waals surface area contributed by atoms with Crippen LogP contribution in [0.5, 0.6) is 0 Å². The number of aliphatic hydroxyl groups excluding tert-OH is 1. The molecule has 4 nitrogen and oxygen atoms in total. The van der Waals surface area contributed by atoms with Crippen molar-refractivity contribution in [2.75, 3.05) is 25.0 Å². The van der Waals surface area contributed by atoms with Gasteiger partial charge in [0.05, 0.1) is 28.4 Å². The van der Waals surface area contributed by atoms with Crippen LogP contribution in [0.15, 0.2) is 18.2 Å². The third kappa shape index (κ3) is 3.10. The SMILES string of the molecule is O=C(CN1CC(O)C1)Nc1cccc(Cl)c1Cl. The molecule has 1 aliphatic rings. The third-order valence-corrected chi connectivity index (χ3v) is 3.35. The fourth-order valence-electron chi connectivity index (χ4n) is 1.66. The number of nitrogens with one attached hydrogen (secondary N) is 1. The van der Waals surface area contributed by atoms with Crippen LogP contribution >= 0.6 is 23.2 Å². The maximum absolute atomic E-state index is 11.6. The fraction of sp³-hybridized carbons (Fsp3) is 0.364.